The molecule has 16 heavy (non-hydrogen) atoms. The lowest BCUT2D eigenvalue weighted by atomic mass is 10.2. The number of nitrogens with one attached hydrogen (secondary N) is 1. The molecule has 0 aliphatic heterocycles. The molecule has 7 nitrogen and oxygen atoms in total. The van der Waals surface area contributed by atoms with Gasteiger partial charge in [0, 0.05) is 6.04 Å². The predicted molar refractivity (Wildman–Crippen MR) is 58.4 cm³/mol. The second-order valence-corrected chi connectivity index (χ2v) is 3.69. The van der Waals surface area contributed by atoms with Crippen LogP contribution < -0.4 is 11.5 Å². The lowest BCUT2D eigenvalue weighted by molar-refractivity contribution is -0.119. The monoisotopic (exact) mass is 225 g/mol. The van der Waals surface area contributed by atoms with Gasteiger partial charge in [-0.15, -0.1) is 0 Å². The molecular formula is C9H15N5O2. The normalized spacial score (nSPS) is 10.4. The zero-order valence-corrected chi connectivity index (χ0v) is 9.23. The van der Waals surface area contributed by atoms with Crippen molar-refractivity contribution in [3.8, 4) is 0 Å². The molecule has 0 aliphatic carbocycles. The Kier molecular flexibility index (Phi) is 3.49. The first-order valence-electron chi connectivity index (χ1n) is 4.81. The molecule has 2 amide bonds. The SMILES string of the molecule is CC(C)N(CC(N)=O)C(=O)c1cn[nH]c1N. The molecule has 1 heterocycles. The van der Waals surface area contributed by atoms with Crippen LogP contribution in [-0.4, -0.2) is 39.5 Å². The molecule has 0 saturated heterocycles. The van der Waals surface area contributed by atoms with E-state index in [9.17, 15) is 9.59 Å². The topological polar surface area (TPSA) is 118 Å². The van der Waals surface area contributed by atoms with Gasteiger partial charge in [-0.25, -0.2) is 0 Å². The van der Waals surface area contributed by atoms with Crippen molar-refractivity contribution in [3.63, 3.8) is 0 Å². The van der Waals surface area contributed by atoms with E-state index in [2.05, 4.69) is 10.2 Å². The number of carbonyl (C=O) groups is 2. The van der Waals surface area contributed by atoms with E-state index < -0.39 is 5.91 Å². The van der Waals surface area contributed by atoms with Crippen LogP contribution in [0.5, 0.6) is 0 Å². The fourth-order valence-electron chi connectivity index (χ4n) is 1.28. The van der Waals surface area contributed by atoms with Gasteiger partial charge in [0.05, 0.1) is 12.7 Å². The number of amides is 2. The summed E-state index contributed by atoms with van der Waals surface area (Å²) in [5.41, 5.74) is 10.8. The Balaban J connectivity index is 2.92. The number of aromatic amines is 1. The summed E-state index contributed by atoms with van der Waals surface area (Å²) < 4.78 is 0. The highest BCUT2D eigenvalue weighted by molar-refractivity contribution is 5.99. The molecule has 1 rings (SSSR count). The molecular weight excluding hydrogens is 210 g/mol. The van der Waals surface area contributed by atoms with E-state index in [1.165, 1.54) is 11.1 Å². The zero-order chi connectivity index (χ0) is 12.3. The second-order valence-electron chi connectivity index (χ2n) is 3.69. The molecule has 1 aromatic rings. The number of carbonyl (C=O) groups excluding carboxylic acids is 2. The summed E-state index contributed by atoms with van der Waals surface area (Å²) >= 11 is 0. The summed E-state index contributed by atoms with van der Waals surface area (Å²) in [7, 11) is 0. The maximum Gasteiger partial charge on any atom is 0.259 e. The van der Waals surface area contributed by atoms with Crippen molar-refractivity contribution in [3.05, 3.63) is 11.8 Å². The second kappa shape index (κ2) is 4.65. The van der Waals surface area contributed by atoms with Gasteiger partial charge >= 0.3 is 0 Å². The third kappa shape index (κ3) is 2.50. The molecule has 0 radical (unpaired) electrons. The maximum absolute atomic E-state index is 12.0. The summed E-state index contributed by atoms with van der Waals surface area (Å²) in [5, 5.41) is 6.11. The molecule has 0 unspecified atom stereocenters. The van der Waals surface area contributed by atoms with Crippen LogP contribution in [0.25, 0.3) is 0 Å². The first kappa shape index (κ1) is 12.0. The summed E-state index contributed by atoms with van der Waals surface area (Å²) in [6.07, 6.45) is 1.33. The van der Waals surface area contributed by atoms with Gasteiger partial charge < -0.3 is 16.4 Å². The summed E-state index contributed by atoms with van der Waals surface area (Å²) in [4.78, 5) is 24.2. The smallest absolute Gasteiger partial charge is 0.259 e. The van der Waals surface area contributed by atoms with Crippen molar-refractivity contribution in [2.24, 2.45) is 5.73 Å². The average molecular weight is 225 g/mol. The van der Waals surface area contributed by atoms with E-state index in [4.69, 9.17) is 11.5 Å². The van der Waals surface area contributed by atoms with Crippen LogP contribution in [0.1, 0.15) is 24.2 Å². The van der Waals surface area contributed by atoms with Crippen molar-refractivity contribution in [1.82, 2.24) is 15.1 Å². The molecule has 0 atom stereocenters. The molecule has 7 heteroatoms. The number of nitrogens with zero attached hydrogens (tertiary/aromatic N) is 2. The number of rotatable bonds is 4. The van der Waals surface area contributed by atoms with E-state index in [-0.39, 0.29) is 29.9 Å². The van der Waals surface area contributed by atoms with Crippen LogP contribution in [-0.2, 0) is 4.79 Å². The molecule has 0 spiro atoms. The minimum absolute atomic E-state index is 0.138. The Bertz CT molecular complexity index is 398. The summed E-state index contributed by atoms with van der Waals surface area (Å²) in [6, 6.07) is -0.144. The number of nitrogen functional groups attached to an aromatic ring is 1. The fraction of sp³-hybridized carbons (Fsp3) is 0.444. The average Bonchev–Trinajstić information content (AvgIpc) is 2.59. The number of H-pyrrole nitrogens is 1. The molecule has 5 N–H and O–H groups in total. The van der Waals surface area contributed by atoms with Crippen LogP contribution in [0.15, 0.2) is 6.20 Å². The van der Waals surface area contributed by atoms with E-state index in [0.717, 1.165) is 0 Å². The van der Waals surface area contributed by atoms with Crippen LogP contribution in [0, 0.1) is 0 Å². The molecule has 88 valence electrons. The molecule has 0 aliphatic rings. The molecule has 0 fully saturated rings. The van der Waals surface area contributed by atoms with Crippen LogP contribution >= 0.6 is 0 Å². The number of nitrogens with two attached hydrogens (primary N) is 2. The quantitative estimate of drug-likeness (QED) is 0.629. The van der Waals surface area contributed by atoms with Crippen molar-refractivity contribution < 1.29 is 9.59 Å². The fourth-order valence-corrected chi connectivity index (χ4v) is 1.28. The third-order valence-corrected chi connectivity index (χ3v) is 2.11. The summed E-state index contributed by atoms with van der Waals surface area (Å²) in [5.74, 6) is -0.746. The standard InChI is InChI=1S/C9H15N5O2/c1-5(2)14(4-7(10)15)9(16)6-3-12-13-8(6)11/h3,5H,4H2,1-2H3,(H2,10,15)(H3,11,12,13). The van der Waals surface area contributed by atoms with Crippen LogP contribution in [0.4, 0.5) is 5.82 Å². The van der Waals surface area contributed by atoms with Gasteiger partial charge in [0.1, 0.15) is 11.4 Å². The lowest BCUT2D eigenvalue weighted by Gasteiger charge is -2.24. The Morgan fingerprint density at radius 2 is 2.19 bits per heavy atom. The van der Waals surface area contributed by atoms with Crippen molar-refractivity contribution >= 4 is 17.6 Å². The highest BCUT2D eigenvalue weighted by Gasteiger charge is 2.23. The molecule has 0 bridgehead atoms. The third-order valence-electron chi connectivity index (χ3n) is 2.11. The first-order chi connectivity index (χ1) is 7.43. The minimum Gasteiger partial charge on any atom is -0.383 e. The highest BCUT2D eigenvalue weighted by atomic mass is 16.2. The Morgan fingerprint density at radius 3 is 2.56 bits per heavy atom. The van der Waals surface area contributed by atoms with Gasteiger partial charge in [-0.3, -0.25) is 14.7 Å². The molecule has 1 aromatic heterocycles. The van der Waals surface area contributed by atoms with E-state index in [1.807, 2.05) is 0 Å². The first-order valence-corrected chi connectivity index (χ1v) is 4.81. The molecule has 0 saturated carbocycles. The van der Waals surface area contributed by atoms with Gasteiger partial charge in [-0.05, 0) is 13.8 Å². The van der Waals surface area contributed by atoms with Gasteiger partial charge in [0.25, 0.3) is 5.91 Å². The van der Waals surface area contributed by atoms with Crippen molar-refractivity contribution in [2.75, 3.05) is 12.3 Å². The maximum atomic E-state index is 12.0. The van der Waals surface area contributed by atoms with Crippen LogP contribution in [0.2, 0.25) is 0 Å². The number of aromatic nitrogens is 2. The molecule has 0 aromatic carbocycles. The number of primary amides is 1. The van der Waals surface area contributed by atoms with Gasteiger partial charge in [0.2, 0.25) is 5.91 Å². The Morgan fingerprint density at radius 1 is 1.56 bits per heavy atom. The number of hydrogen-bond acceptors (Lipinski definition) is 4. The van der Waals surface area contributed by atoms with Gasteiger partial charge in [0.15, 0.2) is 0 Å². The van der Waals surface area contributed by atoms with Gasteiger partial charge in [-0.2, -0.15) is 5.10 Å². The number of hydrogen-bond donors (Lipinski definition) is 3. The van der Waals surface area contributed by atoms with E-state index in [1.54, 1.807) is 13.8 Å². The lowest BCUT2D eigenvalue weighted by Crippen LogP contribution is -2.42. The van der Waals surface area contributed by atoms with Crippen molar-refractivity contribution in [2.45, 2.75) is 19.9 Å². The largest absolute Gasteiger partial charge is 0.383 e. The zero-order valence-electron chi connectivity index (χ0n) is 9.23. The van der Waals surface area contributed by atoms with Gasteiger partial charge in [-0.1, -0.05) is 0 Å². The Hall–Kier alpha value is -2.05. The predicted octanol–water partition coefficient (Wildman–Crippen LogP) is -0.672. The van der Waals surface area contributed by atoms with E-state index >= 15 is 0 Å². The van der Waals surface area contributed by atoms with E-state index in [0.29, 0.717) is 0 Å². The highest BCUT2D eigenvalue weighted by Crippen LogP contribution is 2.12. The minimum atomic E-state index is -0.566. The van der Waals surface area contributed by atoms with Crippen LogP contribution in [0.3, 0.4) is 0 Å². The van der Waals surface area contributed by atoms with Crippen molar-refractivity contribution in [1.29, 1.82) is 0 Å². The Labute approximate surface area is 92.8 Å². The number of anilines is 1. The summed E-state index contributed by atoms with van der Waals surface area (Å²) in [6.45, 7) is 3.44.